The average molecular weight is 513 g/mol. The molecule has 158 valence electrons. The molecule has 3 aliphatic rings. The van der Waals surface area contributed by atoms with Crippen LogP contribution >= 0.6 is 22.6 Å². The lowest BCUT2D eigenvalue weighted by atomic mass is 9.99. The van der Waals surface area contributed by atoms with Gasteiger partial charge in [0.05, 0.1) is 29.3 Å². The molecule has 2 saturated heterocycles. The van der Waals surface area contributed by atoms with Crippen LogP contribution in [0, 0.1) is 0 Å². The van der Waals surface area contributed by atoms with Crippen molar-refractivity contribution < 1.29 is 49.3 Å². The normalized spacial score (nSPS) is 42.1. The second kappa shape index (κ2) is 8.97. The molecule has 0 bridgehead atoms. The van der Waals surface area contributed by atoms with Gasteiger partial charge < -0.3 is 39.7 Å². The number of amides is 1. The predicted molar refractivity (Wildman–Crippen MR) is 97.6 cm³/mol. The summed E-state index contributed by atoms with van der Waals surface area (Å²) < 4.78 is 16.7. The molecule has 1 amide bonds. The molecule has 0 aromatic heterocycles. The Labute approximate surface area is 173 Å². The molecule has 0 radical (unpaired) electrons. The third-order valence-electron chi connectivity index (χ3n) is 4.91. The predicted octanol–water partition coefficient (Wildman–Crippen LogP) is -2.64. The van der Waals surface area contributed by atoms with Crippen molar-refractivity contribution in [1.82, 2.24) is 4.90 Å². The Morgan fingerprint density at radius 1 is 1.11 bits per heavy atom. The minimum atomic E-state index is -1.58. The van der Waals surface area contributed by atoms with E-state index in [0.29, 0.717) is 3.58 Å². The first-order valence-corrected chi connectivity index (χ1v) is 9.78. The van der Waals surface area contributed by atoms with Gasteiger partial charge in [0.25, 0.3) is 0 Å². The number of ether oxygens (including phenoxy) is 3. The fraction of sp³-hybridized carbons (Fsp3) is 0.750. The SMILES string of the molecule is O=C1CC(=O)N([C@H]2C[C@@H](O)[C@@H](CO[C@@H]3O[C@H](CO)[C@H](O)[C@H](O)[C@H]3O)O2)C=C1[125I]. The Kier molecular flexibility index (Phi) is 7.05. The van der Waals surface area contributed by atoms with E-state index in [4.69, 9.17) is 14.2 Å². The van der Waals surface area contributed by atoms with Crippen molar-refractivity contribution >= 4 is 34.3 Å². The van der Waals surface area contributed by atoms with Crippen LogP contribution in [0.25, 0.3) is 0 Å². The molecule has 0 aliphatic carbocycles. The maximum atomic E-state index is 12.1. The second-order valence-corrected chi connectivity index (χ2v) is 8.00. The van der Waals surface area contributed by atoms with Crippen LogP contribution in [0.3, 0.4) is 0 Å². The van der Waals surface area contributed by atoms with Gasteiger partial charge in [0.2, 0.25) is 5.91 Å². The number of carbonyl (C=O) groups excluding carboxylic acids is 2. The van der Waals surface area contributed by atoms with Crippen molar-refractivity contribution in [3.05, 3.63) is 9.78 Å². The summed E-state index contributed by atoms with van der Waals surface area (Å²) in [4.78, 5) is 24.9. The van der Waals surface area contributed by atoms with E-state index < -0.39 is 61.7 Å². The molecule has 11 nitrogen and oxygen atoms in total. The number of rotatable bonds is 5. The molecule has 3 rings (SSSR count). The molecule has 8 atom stereocenters. The molecular formula is C16H22INO10. The zero-order valence-electron chi connectivity index (χ0n) is 14.6. The van der Waals surface area contributed by atoms with Crippen LogP contribution in [0.1, 0.15) is 12.8 Å². The highest BCUT2D eigenvalue weighted by Crippen LogP contribution is 2.29. The van der Waals surface area contributed by atoms with Crippen LogP contribution < -0.4 is 0 Å². The highest BCUT2D eigenvalue weighted by Gasteiger charge is 2.45. The van der Waals surface area contributed by atoms with Crippen LogP contribution in [-0.4, -0.2) is 104 Å². The molecule has 0 saturated carbocycles. The van der Waals surface area contributed by atoms with Crippen LogP contribution in [0.4, 0.5) is 0 Å². The van der Waals surface area contributed by atoms with Crippen molar-refractivity contribution in [1.29, 1.82) is 0 Å². The standard InChI is InChI=1S/C16H22INO10/c17-6-3-18(11(22)1-7(6)20)12-2-8(21)10(27-12)5-26-16-15(25)14(24)13(23)9(4-19)28-16/h3,8-10,12-16,19,21,23-25H,1-2,4-5H2/t8-,9-,10-,12-,13+,14+,15-,16-/m1/s1/i17-2. The molecule has 0 aromatic rings. The number of allylic oxidation sites excluding steroid dienone is 1. The van der Waals surface area contributed by atoms with E-state index in [9.17, 15) is 35.1 Å². The Hall–Kier alpha value is -0.710. The summed E-state index contributed by atoms with van der Waals surface area (Å²) in [5, 5.41) is 48.9. The van der Waals surface area contributed by atoms with E-state index in [2.05, 4.69) is 0 Å². The van der Waals surface area contributed by atoms with Gasteiger partial charge in [0.1, 0.15) is 36.7 Å². The molecule has 3 aliphatic heterocycles. The summed E-state index contributed by atoms with van der Waals surface area (Å²) in [7, 11) is 0. The van der Waals surface area contributed by atoms with E-state index in [1.165, 1.54) is 11.1 Å². The molecule has 0 aromatic carbocycles. The largest absolute Gasteiger partial charge is 0.394 e. The van der Waals surface area contributed by atoms with Crippen molar-refractivity contribution in [3.63, 3.8) is 0 Å². The number of hydrogen-bond donors (Lipinski definition) is 5. The Morgan fingerprint density at radius 3 is 2.50 bits per heavy atom. The zero-order chi connectivity index (χ0) is 20.6. The monoisotopic (exact) mass is 513 g/mol. The summed E-state index contributed by atoms with van der Waals surface area (Å²) >= 11 is 1.83. The maximum absolute atomic E-state index is 12.1. The summed E-state index contributed by atoms with van der Waals surface area (Å²) in [6.07, 6.45) is -8.49. The lowest BCUT2D eigenvalue weighted by Gasteiger charge is -2.39. The van der Waals surface area contributed by atoms with Gasteiger partial charge in [-0.3, -0.25) is 14.5 Å². The fourth-order valence-corrected chi connectivity index (χ4v) is 3.74. The first-order valence-electron chi connectivity index (χ1n) is 8.70. The van der Waals surface area contributed by atoms with Gasteiger partial charge in [0.15, 0.2) is 12.1 Å². The van der Waals surface area contributed by atoms with E-state index in [1.807, 2.05) is 22.6 Å². The van der Waals surface area contributed by atoms with Crippen LogP contribution in [0.2, 0.25) is 0 Å². The molecule has 12 heteroatoms. The highest BCUT2D eigenvalue weighted by molar-refractivity contribution is 14.1. The van der Waals surface area contributed by atoms with Gasteiger partial charge >= 0.3 is 0 Å². The number of nitrogens with zero attached hydrogens (tertiary/aromatic N) is 1. The highest BCUT2D eigenvalue weighted by atomic mass is 125. The molecule has 28 heavy (non-hydrogen) atoms. The lowest BCUT2D eigenvalue weighted by Crippen LogP contribution is -2.59. The topological polar surface area (TPSA) is 166 Å². The first-order chi connectivity index (χ1) is 13.2. The van der Waals surface area contributed by atoms with Crippen molar-refractivity contribution in [2.45, 2.75) is 62.0 Å². The average Bonchev–Trinajstić information content (AvgIpc) is 3.02. The first kappa shape index (κ1) is 22.0. The third kappa shape index (κ3) is 4.39. The molecular weight excluding hydrogens is 491 g/mol. The van der Waals surface area contributed by atoms with Crippen molar-refractivity contribution in [3.8, 4) is 0 Å². The molecule has 3 heterocycles. The number of aliphatic hydroxyl groups excluding tert-OH is 5. The second-order valence-electron chi connectivity index (χ2n) is 6.84. The minimum absolute atomic E-state index is 0.100. The Bertz CT molecular complexity index is 643. The van der Waals surface area contributed by atoms with E-state index in [0.717, 1.165) is 0 Å². The van der Waals surface area contributed by atoms with Crippen LogP contribution in [0.5, 0.6) is 0 Å². The van der Waals surface area contributed by atoms with Gasteiger partial charge in [0, 0.05) is 12.6 Å². The van der Waals surface area contributed by atoms with Crippen molar-refractivity contribution in [2.24, 2.45) is 0 Å². The van der Waals surface area contributed by atoms with Crippen LogP contribution in [-0.2, 0) is 23.8 Å². The molecule has 2 fully saturated rings. The van der Waals surface area contributed by atoms with E-state index in [-0.39, 0.29) is 25.2 Å². The summed E-state index contributed by atoms with van der Waals surface area (Å²) in [5.74, 6) is -0.707. The van der Waals surface area contributed by atoms with E-state index >= 15 is 0 Å². The maximum Gasteiger partial charge on any atom is 0.236 e. The lowest BCUT2D eigenvalue weighted by molar-refractivity contribution is -0.306. The Balaban J connectivity index is 1.58. The van der Waals surface area contributed by atoms with E-state index in [1.54, 1.807) is 0 Å². The number of carbonyl (C=O) groups is 2. The number of Topliss-reactive ketones (excluding diaryl/α,β-unsaturated/α-hetero) is 1. The zero-order valence-corrected chi connectivity index (χ0v) is 16.8. The van der Waals surface area contributed by atoms with Crippen LogP contribution in [0.15, 0.2) is 9.78 Å². The minimum Gasteiger partial charge on any atom is -0.394 e. The number of hydrogen-bond acceptors (Lipinski definition) is 10. The van der Waals surface area contributed by atoms with Gasteiger partial charge in [-0.05, 0) is 22.6 Å². The summed E-state index contributed by atoms with van der Waals surface area (Å²) in [6, 6.07) is 0. The summed E-state index contributed by atoms with van der Waals surface area (Å²) in [6.45, 7) is -0.821. The number of aliphatic hydroxyl groups is 5. The van der Waals surface area contributed by atoms with Gasteiger partial charge in [-0.25, -0.2) is 0 Å². The Morgan fingerprint density at radius 2 is 1.82 bits per heavy atom. The summed E-state index contributed by atoms with van der Waals surface area (Å²) in [5.41, 5.74) is 0. The smallest absolute Gasteiger partial charge is 0.236 e. The fourth-order valence-electron chi connectivity index (χ4n) is 3.25. The van der Waals surface area contributed by atoms with Gasteiger partial charge in [-0.1, -0.05) is 0 Å². The third-order valence-corrected chi connectivity index (χ3v) is 5.79. The molecule has 5 N–H and O–H groups in total. The van der Waals surface area contributed by atoms with Gasteiger partial charge in [-0.2, -0.15) is 0 Å². The van der Waals surface area contributed by atoms with Crippen molar-refractivity contribution in [2.75, 3.05) is 13.2 Å². The quantitative estimate of drug-likeness (QED) is 0.194. The van der Waals surface area contributed by atoms with Gasteiger partial charge in [-0.15, -0.1) is 0 Å². The number of ketones is 1. The molecule has 0 unspecified atom stereocenters. The number of halogens is 1. The molecule has 0 spiro atoms.